The predicted octanol–water partition coefficient (Wildman–Crippen LogP) is 1.93. The van der Waals surface area contributed by atoms with E-state index in [2.05, 4.69) is 20.6 Å². The van der Waals surface area contributed by atoms with E-state index in [0.29, 0.717) is 28.1 Å². The number of hydrogen-bond acceptors (Lipinski definition) is 8. The van der Waals surface area contributed by atoms with Crippen molar-refractivity contribution in [2.45, 2.75) is 13.8 Å². The van der Waals surface area contributed by atoms with Crippen molar-refractivity contribution in [3.8, 4) is 22.9 Å². The topological polar surface area (TPSA) is 150 Å². The second-order valence-corrected chi connectivity index (χ2v) is 5.44. The van der Waals surface area contributed by atoms with Crippen LogP contribution in [-0.2, 0) is 0 Å². The van der Waals surface area contributed by atoms with Crippen molar-refractivity contribution < 1.29 is 14.1 Å². The van der Waals surface area contributed by atoms with E-state index < -0.39 is 10.8 Å². The number of hydrazine groups is 1. The summed E-state index contributed by atoms with van der Waals surface area (Å²) in [5.41, 5.74) is 4.48. The number of aryl methyl sites for hydroxylation is 2. The third-order valence-corrected chi connectivity index (χ3v) is 3.76. The van der Waals surface area contributed by atoms with Crippen LogP contribution in [0.5, 0.6) is 0 Å². The molecule has 2 aromatic heterocycles. The van der Waals surface area contributed by atoms with Crippen LogP contribution in [0.3, 0.4) is 0 Å². The fraction of sp³-hybridized carbons (Fsp3) is 0.125. The molecule has 0 spiro atoms. The fourth-order valence-electron chi connectivity index (χ4n) is 2.42. The molecular weight excluding hydrogens is 340 g/mol. The Labute approximate surface area is 147 Å². The first kappa shape index (κ1) is 17.2. The quantitative estimate of drug-likeness (QED) is 0.312. The standard InChI is InChI=1S/C16H14N6O4/c1-8-12(14(23)19-17)7-13(9(2)18-8)16-21-20-15(26-16)10-3-5-11(6-4-10)22(24)25/h3-7H,17H2,1-2H3,(H,19,23). The molecule has 10 heteroatoms. The zero-order chi connectivity index (χ0) is 18.8. The average Bonchev–Trinajstić information content (AvgIpc) is 3.11. The van der Waals surface area contributed by atoms with Gasteiger partial charge in [0.2, 0.25) is 11.8 Å². The van der Waals surface area contributed by atoms with Gasteiger partial charge in [-0.1, -0.05) is 0 Å². The Morgan fingerprint density at radius 1 is 1.15 bits per heavy atom. The van der Waals surface area contributed by atoms with Crippen LogP contribution in [0.4, 0.5) is 5.69 Å². The molecule has 3 aromatic rings. The lowest BCUT2D eigenvalue weighted by molar-refractivity contribution is -0.384. The van der Waals surface area contributed by atoms with Crippen LogP contribution in [0.25, 0.3) is 22.9 Å². The molecule has 0 unspecified atom stereocenters. The summed E-state index contributed by atoms with van der Waals surface area (Å²) in [7, 11) is 0. The SMILES string of the molecule is Cc1nc(C)c(-c2nnc(-c3ccc([N+](=O)[O-])cc3)o2)cc1C(=O)NN. The van der Waals surface area contributed by atoms with Gasteiger partial charge in [-0.25, -0.2) is 5.84 Å². The number of nitro benzene ring substituents is 1. The van der Waals surface area contributed by atoms with Crippen LogP contribution >= 0.6 is 0 Å². The summed E-state index contributed by atoms with van der Waals surface area (Å²) in [5.74, 6) is 5.08. The molecule has 26 heavy (non-hydrogen) atoms. The third-order valence-electron chi connectivity index (χ3n) is 3.76. The molecule has 0 atom stereocenters. The zero-order valence-corrected chi connectivity index (χ0v) is 13.9. The summed E-state index contributed by atoms with van der Waals surface area (Å²) in [6.45, 7) is 3.44. The van der Waals surface area contributed by atoms with Gasteiger partial charge in [-0.2, -0.15) is 0 Å². The summed E-state index contributed by atoms with van der Waals surface area (Å²) < 4.78 is 5.65. The minimum absolute atomic E-state index is 0.0375. The molecule has 0 saturated carbocycles. The van der Waals surface area contributed by atoms with E-state index in [-0.39, 0.29) is 17.5 Å². The highest BCUT2D eigenvalue weighted by Gasteiger charge is 2.18. The van der Waals surface area contributed by atoms with Crippen LogP contribution in [0.15, 0.2) is 34.7 Å². The molecule has 0 aliphatic rings. The highest BCUT2D eigenvalue weighted by atomic mass is 16.6. The maximum Gasteiger partial charge on any atom is 0.269 e. The van der Waals surface area contributed by atoms with Crippen molar-refractivity contribution in [1.82, 2.24) is 20.6 Å². The van der Waals surface area contributed by atoms with Crippen LogP contribution in [0.1, 0.15) is 21.7 Å². The first-order valence-corrected chi connectivity index (χ1v) is 7.48. The number of carbonyl (C=O) groups is 1. The molecular formula is C16H14N6O4. The molecule has 0 saturated heterocycles. The number of nitrogen functional groups attached to an aromatic ring is 1. The number of amides is 1. The Morgan fingerprint density at radius 2 is 1.81 bits per heavy atom. The van der Waals surface area contributed by atoms with Gasteiger partial charge in [0, 0.05) is 17.7 Å². The van der Waals surface area contributed by atoms with Crippen molar-refractivity contribution in [3.63, 3.8) is 0 Å². The number of rotatable bonds is 4. The van der Waals surface area contributed by atoms with E-state index in [4.69, 9.17) is 10.3 Å². The van der Waals surface area contributed by atoms with Crippen molar-refractivity contribution in [2.75, 3.05) is 0 Å². The van der Waals surface area contributed by atoms with Gasteiger partial charge in [-0.3, -0.25) is 25.3 Å². The van der Waals surface area contributed by atoms with Gasteiger partial charge >= 0.3 is 0 Å². The van der Waals surface area contributed by atoms with Gasteiger partial charge < -0.3 is 4.42 Å². The smallest absolute Gasteiger partial charge is 0.269 e. The normalized spacial score (nSPS) is 10.6. The Bertz CT molecular complexity index is 996. The van der Waals surface area contributed by atoms with Crippen LogP contribution in [0, 0.1) is 24.0 Å². The van der Waals surface area contributed by atoms with Gasteiger partial charge in [0.1, 0.15) is 0 Å². The van der Waals surface area contributed by atoms with Gasteiger partial charge in [0.25, 0.3) is 11.6 Å². The molecule has 0 bridgehead atoms. The van der Waals surface area contributed by atoms with Crippen molar-refractivity contribution >= 4 is 11.6 Å². The number of nitro groups is 1. The largest absolute Gasteiger partial charge is 0.416 e. The van der Waals surface area contributed by atoms with E-state index in [1.54, 1.807) is 19.9 Å². The van der Waals surface area contributed by atoms with Gasteiger partial charge in [0.05, 0.1) is 27.4 Å². The van der Waals surface area contributed by atoms with Crippen molar-refractivity contribution in [2.24, 2.45) is 5.84 Å². The lowest BCUT2D eigenvalue weighted by atomic mass is 10.1. The summed E-state index contributed by atoms with van der Waals surface area (Å²) in [6.07, 6.45) is 0. The minimum atomic E-state index is -0.492. The molecule has 132 valence electrons. The molecule has 1 amide bonds. The number of carbonyl (C=O) groups excluding carboxylic acids is 1. The molecule has 1 aromatic carbocycles. The number of hydrogen-bond donors (Lipinski definition) is 2. The van der Waals surface area contributed by atoms with Crippen LogP contribution < -0.4 is 11.3 Å². The lowest BCUT2D eigenvalue weighted by Gasteiger charge is -2.07. The van der Waals surface area contributed by atoms with E-state index in [1.807, 2.05) is 0 Å². The zero-order valence-electron chi connectivity index (χ0n) is 13.9. The first-order chi connectivity index (χ1) is 12.4. The number of nitrogens with zero attached hydrogens (tertiary/aromatic N) is 4. The Morgan fingerprint density at radius 3 is 2.42 bits per heavy atom. The fourth-order valence-corrected chi connectivity index (χ4v) is 2.42. The lowest BCUT2D eigenvalue weighted by Crippen LogP contribution is -2.30. The molecule has 0 aliphatic carbocycles. The monoisotopic (exact) mass is 354 g/mol. The van der Waals surface area contributed by atoms with Gasteiger partial charge in [-0.15, -0.1) is 10.2 Å². The molecule has 10 nitrogen and oxygen atoms in total. The van der Waals surface area contributed by atoms with Crippen LogP contribution in [-0.4, -0.2) is 26.0 Å². The number of nitrogens with one attached hydrogen (secondary N) is 1. The summed E-state index contributed by atoms with van der Waals surface area (Å²) in [4.78, 5) is 26.4. The average molecular weight is 354 g/mol. The maximum absolute atomic E-state index is 11.8. The number of aromatic nitrogens is 3. The van der Waals surface area contributed by atoms with E-state index in [9.17, 15) is 14.9 Å². The number of pyridine rings is 1. The first-order valence-electron chi connectivity index (χ1n) is 7.48. The number of non-ortho nitro benzene ring substituents is 1. The summed E-state index contributed by atoms with van der Waals surface area (Å²) >= 11 is 0. The molecule has 3 rings (SSSR count). The third kappa shape index (κ3) is 3.13. The maximum atomic E-state index is 11.8. The Hall–Kier alpha value is -3.66. The van der Waals surface area contributed by atoms with E-state index in [1.165, 1.54) is 24.3 Å². The van der Waals surface area contributed by atoms with Crippen LogP contribution in [0.2, 0.25) is 0 Å². The molecule has 0 fully saturated rings. The molecule has 0 aliphatic heterocycles. The predicted molar refractivity (Wildman–Crippen MR) is 90.7 cm³/mol. The Balaban J connectivity index is 1.99. The summed E-state index contributed by atoms with van der Waals surface area (Å²) in [5, 5.41) is 18.7. The second kappa shape index (κ2) is 6.69. The second-order valence-electron chi connectivity index (χ2n) is 5.44. The highest BCUT2D eigenvalue weighted by Crippen LogP contribution is 2.28. The number of benzene rings is 1. The Kier molecular flexibility index (Phi) is 4.42. The molecule has 3 N–H and O–H groups in total. The molecule has 2 heterocycles. The number of nitrogens with two attached hydrogens (primary N) is 1. The summed E-state index contributed by atoms with van der Waals surface area (Å²) in [6, 6.07) is 7.31. The van der Waals surface area contributed by atoms with Gasteiger partial charge in [0.15, 0.2) is 0 Å². The van der Waals surface area contributed by atoms with E-state index in [0.717, 1.165) is 0 Å². The minimum Gasteiger partial charge on any atom is -0.416 e. The van der Waals surface area contributed by atoms with E-state index >= 15 is 0 Å². The molecule has 0 radical (unpaired) electrons. The van der Waals surface area contributed by atoms with Gasteiger partial charge in [-0.05, 0) is 32.0 Å². The van der Waals surface area contributed by atoms with Crippen molar-refractivity contribution in [3.05, 3.63) is 57.4 Å². The van der Waals surface area contributed by atoms with Crippen molar-refractivity contribution in [1.29, 1.82) is 0 Å². The highest BCUT2D eigenvalue weighted by molar-refractivity contribution is 5.95.